The molecule has 0 fully saturated rings. The lowest BCUT2D eigenvalue weighted by molar-refractivity contribution is 0.161. The molecular formula is C14H16N4O. The molecule has 1 aromatic heterocycles. The molecule has 5 nitrogen and oxygen atoms in total. The summed E-state index contributed by atoms with van der Waals surface area (Å²) in [5.41, 5.74) is 1.92. The minimum absolute atomic E-state index is 0.419. The Morgan fingerprint density at radius 1 is 1.37 bits per heavy atom. The van der Waals surface area contributed by atoms with Crippen molar-refractivity contribution >= 4 is 5.69 Å². The van der Waals surface area contributed by atoms with Gasteiger partial charge in [0.25, 0.3) is 0 Å². The molecule has 98 valence electrons. The van der Waals surface area contributed by atoms with E-state index in [0.29, 0.717) is 19.5 Å². The quantitative estimate of drug-likeness (QED) is 0.819. The van der Waals surface area contributed by atoms with Crippen LogP contribution in [0.15, 0.2) is 42.7 Å². The largest absolute Gasteiger partial charge is 0.389 e. The summed E-state index contributed by atoms with van der Waals surface area (Å²) >= 11 is 0. The summed E-state index contributed by atoms with van der Waals surface area (Å²) in [6.45, 7) is 0.921. The minimum atomic E-state index is -0.501. The SMILES string of the molecule is N#CCc1ccc(NCC(O)Cn2cccn2)cc1. The second kappa shape index (κ2) is 6.57. The number of nitriles is 1. The van der Waals surface area contributed by atoms with Crippen LogP contribution in [0.2, 0.25) is 0 Å². The predicted molar refractivity (Wildman–Crippen MR) is 72.5 cm³/mol. The van der Waals surface area contributed by atoms with Crippen molar-refractivity contribution in [1.82, 2.24) is 9.78 Å². The standard InChI is InChI=1S/C14H16N4O/c15-7-6-12-2-4-13(5-3-12)16-10-14(19)11-18-9-1-8-17-18/h1-5,8-9,14,16,19H,6,10-11H2. The fourth-order valence-electron chi connectivity index (χ4n) is 1.76. The van der Waals surface area contributed by atoms with Gasteiger partial charge < -0.3 is 10.4 Å². The van der Waals surface area contributed by atoms with Crippen LogP contribution in [-0.4, -0.2) is 27.5 Å². The molecule has 5 heteroatoms. The van der Waals surface area contributed by atoms with E-state index in [1.54, 1.807) is 10.9 Å². The molecule has 0 aliphatic heterocycles. The third-order valence-corrected chi connectivity index (χ3v) is 2.74. The van der Waals surface area contributed by atoms with Crippen LogP contribution in [-0.2, 0) is 13.0 Å². The van der Waals surface area contributed by atoms with Gasteiger partial charge in [-0.05, 0) is 23.8 Å². The van der Waals surface area contributed by atoms with Crippen molar-refractivity contribution in [3.05, 3.63) is 48.3 Å². The van der Waals surface area contributed by atoms with Crippen molar-refractivity contribution in [3.63, 3.8) is 0 Å². The van der Waals surface area contributed by atoms with Crippen LogP contribution in [0.25, 0.3) is 0 Å². The molecule has 0 aliphatic rings. The Hall–Kier alpha value is -2.32. The first kappa shape index (κ1) is 13.1. The second-order valence-electron chi connectivity index (χ2n) is 4.29. The van der Waals surface area contributed by atoms with Crippen LogP contribution >= 0.6 is 0 Å². The number of hydrogen-bond donors (Lipinski definition) is 2. The van der Waals surface area contributed by atoms with Crippen LogP contribution in [0.5, 0.6) is 0 Å². The minimum Gasteiger partial charge on any atom is -0.389 e. The van der Waals surface area contributed by atoms with Crippen LogP contribution < -0.4 is 5.32 Å². The lowest BCUT2D eigenvalue weighted by atomic mass is 10.1. The maximum Gasteiger partial charge on any atom is 0.0907 e. The second-order valence-corrected chi connectivity index (χ2v) is 4.29. The highest BCUT2D eigenvalue weighted by atomic mass is 16.3. The summed E-state index contributed by atoms with van der Waals surface area (Å²) in [6.07, 6.45) is 3.43. The number of aromatic nitrogens is 2. The number of benzene rings is 1. The van der Waals surface area contributed by atoms with Crippen LogP contribution in [0.4, 0.5) is 5.69 Å². The van der Waals surface area contributed by atoms with E-state index in [1.807, 2.05) is 36.5 Å². The summed E-state index contributed by atoms with van der Waals surface area (Å²) in [5.74, 6) is 0. The van der Waals surface area contributed by atoms with Crippen LogP contribution in [0.1, 0.15) is 5.56 Å². The lowest BCUT2D eigenvalue weighted by Crippen LogP contribution is -2.25. The average molecular weight is 256 g/mol. The molecular weight excluding hydrogens is 240 g/mol. The van der Waals surface area contributed by atoms with Gasteiger partial charge >= 0.3 is 0 Å². The molecule has 1 unspecified atom stereocenters. The number of aliphatic hydroxyl groups is 1. The maximum absolute atomic E-state index is 9.85. The van der Waals surface area contributed by atoms with Gasteiger partial charge in [-0.1, -0.05) is 12.1 Å². The monoisotopic (exact) mass is 256 g/mol. The lowest BCUT2D eigenvalue weighted by Gasteiger charge is -2.13. The van der Waals surface area contributed by atoms with E-state index in [2.05, 4.69) is 16.5 Å². The molecule has 0 aliphatic carbocycles. The zero-order chi connectivity index (χ0) is 13.5. The molecule has 0 amide bonds. The highest BCUT2D eigenvalue weighted by molar-refractivity contribution is 5.45. The summed E-state index contributed by atoms with van der Waals surface area (Å²) in [4.78, 5) is 0. The third-order valence-electron chi connectivity index (χ3n) is 2.74. The Bertz CT molecular complexity index is 528. The average Bonchev–Trinajstić information content (AvgIpc) is 2.91. The van der Waals surface area contributed by atoms with Gasteiger partial charge in [0.1, 0.15) is 0 Å². The van der Waals surface area contributed by atoms with Gasteiger partial charge in [0, 0.05) is 24.6 Å². The van der Waals surface area contributed by atoms with Crippen LogP contribution in [0, 0.1) is 11.3 Å². The van der Waals surface area contributed by atoms with E-state index in [-0.39, 0.29) is 0 Å². The van der Waals surface area contributed by atoms with E-state index in [1.165, 1.54) is 0 Å². The number of nitrogens with zero attached hydrogens (tertiary/aromatic N) is 3. The van der Waals surface area contributed by atoms with E-state index < -0.39 is 6.10 Å². The first-order chi connectivity index (χ1) is 9.28. The third kappa shape index (κ3) is 4.12. The van der Waals surface area contributed by atoms with Gasteiger partial charge in [-0.15, -0.1) is 0 Å². The van der Waals surface area contributed by atoms with Gasteiger partial charge in [-0.3, -0.25) is 4.68 Å². The van der Waals surface area contributed by atoms with Gasteiger partial charge in [-0.25, -0.2) is 0 Å². The molecule has 1 aromatic carbocycles. The van der Waals surface area contributed by atoms with Crippen LogP contribution in [0.3, 0.4) is 0 Å². The number of nitrogens with one attached hydrogen (secondary N) is 1. The molecule has 19 heavy (non-hydrogen) atoms. The first-order valence-electron chi connectivity index (χ1n) is 6.13. The van der Waals surface area contributed by atoms with Gasteiger partial charge in [0.2, 0.25) is 0 Å². The summed E-state index contributed by atoms with van der Waals surface area (Å²) in [6, 6.07) is 11.6. The van der Waals surface area contributed by atoms with Gasteiger partial charge in [-0.2, -0.15) is 10.4 Å². The van der Waals surface area contributed by atoms with Crippen molar-refractivity contribution < 1.29 is 5.11 Å². The Morgan fingerprint density at radius 2 is 2.16 bits per heavy atom. The summed E-state index contributed by atoms with van der Waals surface area (Å²) in [7, 11) is 0. The number of anilines is 1. The van der Waals surface area contributed by atoms with Crippen molar-refractivity contribution in [2.24, 2.45) is 0 Å². The molecule has 0 saturated heterocycles. The molecule has 2 rings (SSSR count). The Morgan fingerprint density at radius 3 is 2.79 bits per heavy atom. The Kier molecular flexibility index (Phi) is 4.54. The van der Waals surface area contributed by atoms with E-state index in [0.717, 1.165) is 11.3 Å². The smallest absolute Gasteiger partial charge is 0.0907 e. The zero-order valence-corrected chi connectivity index (χ0v) is 10.5. The summed E-state index contributed by atoms with van der Waals surface area (Å²) in [5, 5.41) is 25.6. The van der Waals surface area contributed by atoms with Crippen molar-refractivity contribution in [2.45, 2.75) is 19.1 Å². The topological polar surface area (TPSA) is 73.9 Å². The fraction of sp³-hybridized carbons (Fsp3) is 0.286. The molecule has 0 spiro atoms. The fourth-order valence-corrected chi connectivity index (χ4v) is 1.76. The normalized spacial score (nSPS) is 11.8. The molecule has 2 N–H and O–H groups in total. The molecule has 1 heterocycles. The molecule has 0 bridgehead atoms. The molecule has 0 radical (unpaired) electrons. The predicted octanol–water partition coefficient (Wildman–Crippen LogP) is 1.42. The van der Waals surface area contributed by atoms with Crippen molar-refractivity contribution in [1.29, 1.82) is 5.26 Å². The molecule has 2 aromatic rings. The first-order valence-corrected chi connectivity index (χ1v) is 6.13. The van der Waals surface area contributed by atoms with E-state index >= 15 is 0 Å². The van der Waals surface area contributed by atoms with Gasteiger partial charge in [0.15, 0.2) is 0 Å². The van der Waals surface area contributed by atoms with Crippen molar-refractivity contribution in [2.75, 3.05) is 11.9 Å². The summed E-state index contributed by atoms with van der Waals surface area (Å²) < 4.78 is 1.70. The Labute approximate surface area is 112 Å². The zero-order valence-electron chi connectivity index (χ0n) is 10.5. The number of aliphatic hydroxyl groups excluding tert-OH is 1. The number of hydrogen-bond acceptors (Lipinski definition) is 4. The molecule has 0 saturated carbocycles. The van der Waals surface area contributed by atoms with Gasteiger partial charge in [0.05, 0.1) is 25.1 Å². The highest BCUT2D eigenvalue weighted by Gasteiger charge is 2.05. The maximum atomic E-state index is 9.85. The Balaban J connectivity index is 1.80. The highest BCUT2D eigenvalue weighted by Crippen LogP contribution is 2.10. The van der Waals surface area contributed by atoms with Crippen molar-refractivity contribution in [3.8, 4) is 6.07 Å². The number of rotatable bonds is 6. The van der Waals surface area contributed by atoms with E-state index in [4.69, 9.17) is 5.26 Å². The molecule has 1 atom stereocenters. The van der Waals surface area contributed by atoms with E-state index in [9.17, 15) is 5.11 Å².